The lowest BCUT2D eigenvalue weighted by molar-refractivity contribution is -0.0930. The van der Waals surface area contributed by atoms with Crippen LogP contribution < -0.4 is 4.90 Å². The number of amides is 1. The first kappa shape index (κ1) is 19.4. The molecule has 0 atom stereocenters. The third-order valence-electron chi connectivity index (χ3n) is 5.27. The first-order valence-corrected chi connectivity index (χ1v) is 9.86. The normalized spacial score (nSPS) is 19.4. The van der Waals surface area contributed by atoms with Crippen molar-refractivity contribution in [1.29, 1.82) is 0 Å². The van der Waals surface area contributed by atoms with E-state index in [1.165, 1.54) is 0 Å². The average Bonchev–Trinajstić information content (AvgIpc) is 3.10. The molecule has 152 valence electrons. The summed E-state index contributed by atoms with van der Waals surface area (Å²) in [4.78, 5) is 23.1. The molecule has 2 aliphatic heterocycles. The zero-order valence-corrected chi connectivity index (χ0v) is 16.9. The van der Waals surface area contributed by atoms with E-state index in [0.29, 0.717) is 55.9 Å². The quantitative estimate of drug-likeness (QED) is 0.748. The van der Waals surface area contributed by atoms with E-state index in [-0.39, 0.29) is 5.91 Å². The number of nitrogens with zero attached hydrogens (tertiary/aromatic N) is 6. The van der Waals surface area contributed by atoms with E-state index in [2.05, 4.69) is 15.0 Å². The predicted octanol–water partition coefficient (Wildman–Crippen LogP) is 0.706. The lowest BCUT2D eigenvalue weighted by Crippen LogP contribution is -2.55. The molecular formula is C18H25ClN6O3. The van der Waals surface area contributed by atoms with Crippen molar-refractivity contribution >= 4 is 29.0 Å². The van der Waals surface area contributed by atoms with E-state index in [1.54, 1.807) is 35.4 Å². The van der Waals surface area contributed by atoms with Crippen LogP contribution in [0.2, 0.25) is 5.15 Å². The summed E-state index contributed by atoms with van der Waals surface area (Å²) in [6.07, 6.45) is 0. The van der Waals surface area contributed by atoms with E-state index in [0.717, 1.165) is 18.9 Å². The van der Waals surface area contributed by atoms with Crippen LogP contribution in [-0.2, 0) is 4.74 Å². The van der Waals surface area contributed by atoms with Gasteiger partial charge in [0.15, 0.2) is 11.3 Å². The Balaban J connectivity index is 1.57. The van der Waals surface area contributed by atoms with Gasteiger partial charge in [0.05, 0.1) is 13.2 Å². The second kappa shape index (κ2) is 7.47. The fourth-order valence-corrected chi connectivity index (χ4v) is 3.85. The van der Waals surface area contributed by atoms with Crippen molar-refractivity contribution in [3.63, 3.8) is 0 Å². The molecule has 4 heterocycles. The van der Waals surface area contributed by atoms with Crippen LogP contribution in [0.4, 0.5) is 5.82 Å². The molecule has 2 fully saturated rings. The lowest BCUT2D eigenvalue weighted by atomic mass is 10.2. The molecule has 1 amide bonds. The van der Waals surface area contributed by atoms with E-state index >= 15 is 0 Å². The molecule has 0 aromatic carbocycles. The molecule has 9 nitrogen and oxygen atoms in total. The molecule has 0 spiro atoms. The Labute approximate surface area is 168 Å². The summed E-state index contributed by atoms with van der Waals surface area (Å²) in [5.41, 5.74) is 0.0137. The number of carbonyl (C=O) groups excluding carboxylic acids is 1. The minimum atomic E-state index is -0.883. The van der Waals surface area contributed by atoms with Crippen LogP contribution in [0.1, 0.15) is 24.3 Å². The summed E-state index contributed by atoms with van der Waals surface area (Å²) in [5.74, 6) is 0.675. The van der Waals surface area contributed by atoms with Crippen LogP contribution in [-0.4, -0.2) is 93.6 Å². The van der Waals surface area contributed by atoms with Crippen molar-refractivity contribution in [3.05, 3.63) is 23.0 Å². The number of piperazine rings is 1. The standard InChI is InChI=1S/C18H25ClN6O3/c1-18(2,27)24-5-3-23(4-6-24)17(26)13-11-15-20-14(19)12-16(25(15)21-13)22-7-9-28-10-8-22/h11-12,27H,3-10H2,1-2H3. The van der Waals surface area contributed by atoms with Gasteiger partial charge in [0, 0.05) is 51.4 Å². The van der Waals surface area contributed by atoms with E-state index in [9.17, 15) is 9.90 Å². The highest BCUT2D eigenvalue weighted by Gasteiger charge is 2.30. The number of hydrogen-bond donors (Lipinski definition) is 1. The largest absolute Gasteiger partial charge is 0.378 e. The molecule has 2 aromatic rings. The van der Waals surface area contributed by atoms with Crippen molar-refractivity contribution in [2.75, 3.05) is 57.4 Å². The van der Waals surface area contributed by atoms with Gasteiger partial charge in [0.2, 0.25) is 0 Å². The van der Waals surface area contributed by atoms with Crippen molar-refractivity contribution in [1.82, 2.24) is 24.4 Å². The van der Waals surface area contributed by atoms with E-state index < -0.39 is 5.72 Å². The van der Waals surface area contributed by atoms with Crippen LogP contribution in [0.25, 0.3) is 5.65 Å². The molecule has 2 aromatic heterocycles. The van der Waals surface area contributed by atoms with Crippen LogP contribution in [0.3, 0.4) is 0 Å². The van der Waals surface area contributed by atoms with Gasteiger partial charge in [-0.05, 0) is 13.8 Å². The summed E-state index contributed by atoms with van der Waals surface area (Å²) in [6, 6.07) is 3.45. The number of anilines is 1. The second-order valence-electron chi connectivity index (χ2n) is 7.61. The fourth-order valence-electron chi connectivity index (χ4n) is 3.67. The van der Waals surface area contributed by atoms with Gasteiger partial charge in [-0.25, -0.2) is 4.98 Å². The molecule has 0 saturated carbocycles. The van der Waals surface area contributed by atoms with E-state index in [4.69, 9.17) is 16.3 Å². The SMILES string of the molecule is CC(C)(O)N1CCN(C(=O)c2cc3nc(Cl)cc(N4CCOCC4)n3n2)CC1. The maximum absolute atomic E-state index is 13.0. The number of carbonyl (C=O) groups is 1. The lowest BCUT2D eigenvalue weighted by Gasteiger charge is -2.40. The molecule has 10 heteroatoms. The second-order valence-corrected chi connectivity index (χ2v) is 8.00. The van der Waals surface area contributed by atoms with Crippen LogP contribution in [0, 0.1) is 0 Å². The first-order valence-electron chi connectivity index (χ1n) is 9.48. The first-order chi connectivity index (χ1) is 13.3. The Kier molecular flexibility index (Phi) is 5.17. The third-order valence-corrected chi connectivity index (χ3v) is 5.47. The number of halogens is 1. The summed E-state index contributed by atoms with van der Waals surface area (Å²) in [6.45, 7) is 8.58. The number of morpholine rings is 1. The van der Waals surface area contributed by atoms with Gasteiger partial charge in [-0.3, -0.25) is 9.69 Å². The average molecular weight is 409 g/mol. The molecule has 28 heavy (non-hydrogen) atoms. The Bertz CT molecular complexity index is 866. The highest BCUT2D eigenvalue weighted by atomic mass is 35.5. The smallest absolute Gasteiger partial charge is 0.274 e. The molecule has 1 N–H and O–H groups in total. The predicted molar refractivity (Wildman–Crippen MR) is 105 cm³/mol. The minimum Gasteiger partial charge on any atom is -0.378 e. The third kappa shape index (κ3) is 3.80. The minimum absolute atomic E-state index is 0.134. The fraction of sp³-hybridized carbons (Fsp3) is 0.611. The van der Waals surface area contributed by atoms with Gasteiger partial charge in [0.1, 0.15) is 16.7 Å². The Morgan fingerprint density at radius 3 is 2.46 bits per heavy atom. The summed E-state index contributed by atoms with van der Waals surface area (Å²) >= 11 is 6.20. The van der Waals surface area contributed by atoms with Gasteiger partial charge in [-0.2, -0.15) is 9.61 Å². The Hall–Kier alpha value is -1.94. The van der Waals surface area contributed by atoms with Crippen LogP contribution in [0.15, 0.2) is 12.1 Å². The number of rotatable bonds is 3. The molecule has 0 radical (unpaired) electrons. The van der Waals surface area contributed by atoms with Crippen molar-refractivity contribution in [3.8, 4) is 0 Å². The topological polar surface area (TPSA) is 86.4 Å². The van der Waals surface area contributed by atoms with Crippen molar-refractivity contribution < 1.29 is 14.6 Å². The zero-order valence-electron chi connectivity index (χ0n) is 16.1. The summed E-state index contributed by atoms with van der Waals surface area (Å²) in [7, 11) is 0. The van der Waals surface area contributed by atoms with Crippen molar-refractivity contribution in [2.24, 2.45) is 0 Å². The number of fused-ring (bicyclic) bond motifs is 1. The van der Waals surface area contributed by atoms with Gasteiger partial charge < -0.3 is 19.6 Å². The maximum atomic E-state index is 13.0. The van der Waals surface area contributed by atoms with Gasteiger partial charge in [-0.15, -0.1) is 0 Å². The number of ether oxygens (including phenoxy) is 1. The van der Waals surface area contributed by atoms with Gasteiger partial charge in [-0.1, -0.05) is 11.6 Å². The molecule has 0 bridgehead atoms. The maximum Gasteiger partial charge on any atom is 0.274 e. The summed E-state index contributed by atoms with van der Waals surface area (Å²) < 4.78 is 7.09. The zero-order chi connectivity index (χ0) is 19.9. The van der Waals surface area contributed by atoms with Gasteiger partial charge in [0.25, 0.3) is 5.91 Å². The Morgan fingerprint density at radius 1 is 1.14 bits per heavy atom. The molecule has 0 unspecified atom stereocenters. The molecule has 2 aliphatic rings. The summed E-state index contributed by atoms with van der Waals surface area (Å²) in [5, 5.41) is 15.0. The highest BCUT2D eigenvalue weighted by Crippen LogP contribution is 2.23. The van der Waals surface area contributed by atoms with E-state index in [1.807, 2.05) is 4.90 Å². The van der Waals surface area contributed by atoms with Crippen molar-refractivity contribution in [2.45, 2.75) is 19.6 Å². The number of aliphatic hydroxyl groups is 1. The molecule has 4 rings (SSSR count). The monoisotopic (exact) mass is 408 g/mol. The number of hydrogen-bond acceptors (Lipinski definition) is 7. The number of aromatic nitrogens is 3. The Morgan fingerprint density at radius 2 is 1.82 bits per heavy atom. The van der Waals surface area contributed by atoms with Gasteiger partial charge >= 0.3 is 0 Å². The molecular weight excluding hydrogens is 384 g/mol. The molecule has 0 aliphatic carbocycles. The van der Waals surface area contributed by atoms with Crippen LogP contribution >= 0.6 is 11.6 Å². The molecule has 2 saturated heterocycles. The highest BCUT2D eigenvalue weighted by molar-refractivity contribution is 6.29. The van der Waals surface area contributed by atoms with Crippen LogP contribution in [0.5, 0.6) is 0 Å².